The first-order valence-electron chi connectivity index (χ1n) is 7.03. The van der Waals surface area contributed by atoms with Gasteiger partial charge in [0.1, 0.15) is 0 Å². The molecule has 18 heavy (non-hydrogen) atoms. The molecule has 0 heterocycles. The van der Waals surface area contributed by atoms with E-state index >= 15 is 0 Å². The van der Waals surface area contributed by atoms with Gasteiger partial charge < -0.3 is 10.8 Å². The Morgan fingerprint density at radius 3 is 2.28 bits per heavy atom. The number of aliphatic hydroxyl groups excluding tert-OH is 1. The lowest BCUT2D eigenvalue weighted by Gasteiger charge is -2.24. The predicted molar refractivity (Wildman–Crippen MR) is 75.4 cm³/mol. The molecule has 1 aliphatic rings. The van der Waals surface area contributed by atoms with Crippen LogP contribution in [0.25, 0.3) is 0 Å². The van der Waals surface area contributed by atoms with E-state index in [0.717, 1.165) is 18.4 Å². The number of rotatable bonds is 4. The molecule has 0 saturated heterocycles. The van der Waals surface area contributed by atoms with Gasteiger partial charge in [0.15, 0.2) is 0 Å². The highest BCUT2D eigenvalue weighted by Gasteiger charge is 2.25. The van der Waals surface area contributed by atoms with Crippen LogP contribution in [0.4, 0.5) is 0 Å². The Bertz CT molecular complexity index is 377. The molecule has 0 radical (unpaired) electrons. The van der Waals surface area contributed by atoms with Crippen molar-refractivity contribution >= 4 is 0 Å². The lowest BCUT2D eigenvalue weighted by molar-refractivity contribution is 0.111. The Labute approximate surface area is 110 Å². The van der Waals surface area contributed by atoms with Gasteiger partial charge in [-0.05, 0) is 29.9 Å². The number of hydrogen-bond donors (Lipinski definition) is 2. The lowest BCUT2D eigenvalue weighted by atomic mass is 9.83. The van der Waals surface area contributed by atoms with Crippen molar-refractivity contribution in [3.05, 3.63) is 35.4 Å². The Morgan fingerprint density at radius 2 is 1.78 bits per heavy atom. The average molecular weight is 247 g/mol. The largest absolute Gasteiger partial charge is 0.388 e. The van der Waals surface area contributed by atoms with E-state index in [4.69, 9.17) is 5.73 Å². The maximum atomic E-state index is 10.3. The van der Waals surface area contributed by atoms with E-state index in [-0.39, 0.29) is 11.5 Å². The molecule has 2 heteroatoms. The van der Waals surface area contributed by atoms with E-state index in [1.807, 2.05) is 0 Å². The van der Waals surface area contributed by atoms with Gasteiger partial charge in [0, 0.05) is 12.0 Å². The standard InChI is InChI=1S/C16H25NO/c1-16(2,11-17)14-9-7-13(8-10-14)15(18)12-5-3-4-6-12/h7-10,12,15,18H,3-6,11,17H2,1-2H3. The van der Waals surface area contributed by atoms with Gasteiger partial charge in [0.2, 0.25) is 0 Å². The number of nitrogens with two attached hydrogens (primary N) is 1. The zero-order valence-corrected chi connectivity index (χ0v) is 11.5. The second kappa shape index (κ2) is 5.41. The van der Waals surface area contributed by atoms with Crippen LogP contribution < -0.4 is 5.73 Å². The fraction of sp³-hybridized carbons (Fsp3) is 0.625. The SMILES string of the molecule is CC(C)(CN)c1ccc(C(O)C2CCCC2)cc1. The maximum Gasteiger partial charge on any atom is 0.0818 e. The molecule has 0 spiro atoms. The third kappa shape index (κ3) is 2.76. The molecule has 1 unspecified atom stereocenters. The Kier molecular flexibility index (Phi) is 4.08. The normalized spacial score (nSPS) is 19.1. The van der Waals surface area contributed by atoms with Crippen LogP contribution in [0.15, 0.2) is 24.3 Å². The van der Waals surface area contributed by atoms with Crippen molar-refractivity contribution in [1.82, 2.24) is 0 Å². The molecule has 1 fully saturated rings. The van der Waals surface area contributed by atoms with Crippen LogP contribution in [0.3, 0.4) is 0 Å². The van der Waals surface area contributed by atoms with Crippen molar-refractivity contribution in [3.63, 3.8) is 0 Å². The molecule has 2 nitrogen and oxygen atoms in total. The molecule has 1 aromatic rings. The lowest BCUT2D eigenvalue weighted by Crippen LogP contribution is -2.28. The number of hydrogen-bond acceptors (Lipinski definition) is 2. The van der Waals surface area contributed by atoms with E-state index < -0.39 is 0 Å². The monoisotopic (exact) mass is 247 g/mol. The van der Waals surface area contributed by atoms with Gasteiger partial charge in [-0.3, -0.25) is 0 Å². The van der Waals surface area contributed by atoms with Gasteiger partial charge >= 0.3 is 0 Å². The molecule has 0 amide bonds. The van der Waals surface area contributed by atoms with Crippen molar-refractivity contribution in [3.8, 4) is 0 Å². The van der Waals surface area contributed by atoms with E-state index in [0.29, 0.717) is 12.5 Å². The molecule has 1 aromatic carbocycles. The summed E-state index contributed by atoms with van der Waals surface area (Å²) in [6, 6.07) is 8.35. The first-order chi connectivity index (χ1) is 8.54. The van der Waals surface area contributed by atoms with Crippen LogP contribution >= 0.6 is 0 Å². The highest BCUT2D eigenvalue weighted by atomic mass is 16.3. The van der Waals surface area contributed by atoms with Crippen LogP contribution in [-0.4, -0.2) is 11.7 Å². The number of benzene rings is 1. The van der Waals surface area contributed by atoms with Gasteiger partial charge in [0.05, 0.1) is 6.10 Å². The van der Waals surface area contributed by atoms with E-state index in [9.17, 15) is 5.11 Å². The molecular formula is C16H25NO. The topological polar surface area (TPSA) is 46.2 Å². The smallest absolute Gasteiger partial charge is 0.0818 e. The molecule has 2 rings (SSSR count). The van der Waals surface area contributed by atoms with Crippen LogP contribution in [-0.2, 0) is 5.41 Å². The third-order valence-electron chi connectivity index (χ3n) is 4.39. The fourth-order valence-corrected chi connectivity index (χ4v) is 2.79. The average Bonchev–Trinajstić information content (AvgIpc) is 2.92. The quantitative estimate of drug-likeness (QED) is 0.858. The van der Waals surface area contributed by atoms with Gasteiger partial charge in [-0.25, -0.2) is 0 Å². The molecule has 0 bridgehead atoms. The second-order valence-electron chi connectivity index (χ2n) is 6.20. The van der Waals surface area contributed by atoms with Crippen molar-refractivity contribution in [2.45, 2.75) is 51.0 Å². The summed E-state index contributed by atoms with van der Waals surface area (Å²) in [5.74, 6) is 0.457. The maximum absolute atomic E-state index is 10.3. The summed E-state index contributed by atoms with van der Waals surface area (Å²) >= 11 is 0. The van der Waals surface area contributed by atoms with Crippen molar-refractivity contribution in [1.29, 1.82) is 0 Å². The molecule has 1 saturated carbocycles. The van der Waals surface area contributed by atoms with Crippen LogP contribution in [0, 0.1) is 5.92 Å². The summed E-state index contributed by atoms with van der Waals surface area (Å²) in [6.45, 7) is 4.93. The van der Waals surface area contributed by atoms with E-state index in [2.05, 4.69) is 38.1 Å². The molecular weight excluding hydrogens is 222 g/mol. The summed E-state index contributed by atoms with van der Waals surface area (Å²) in [4.78, 5) is 0. The van der Waals surface area contributed by atoms with Crippen molar-refractivity contribution in [2.24, 2.45) is 11.7 Å². The molecule has 3 N–H and O–H groups in total. The van der Waals surface area contributed by atoms with Crippen LogP contribution in [0.5, 0.6) is 0 Å². The minimum absolute atomic E-state index is 0.0108. The zero-order chi connectivity index (χ0) is 13.2. The molecule has 1 atom stereocenters. The summed E-state index contributed by atoms with van der Waals surface area (Å²) < 4.78 is 0. The minimum atomic E-state index is -0.289. The highest BCUT2D eigenvalue weighted by molar-refractivity contribution is 5.29. The van der Waals surface area contributed by atoms with Gasteiger partial charge in [0.25, 0.3) is 0 Å². The van der Waals surface area contributed by atoms with Crippen LogP contribution in [0.2, 0.25) is 0 Å². The predicted octanol–water partition coefficient (Wildman–Crippen LogP) is 3.15. The first-order valence-corrected chi connectivity index (χ1v) is 7.03. The van der Waals surface area contributed by atoms with Crippen molar-refractivity contribution in [2.75, 3.05) is 6.54 Å². The Hall–Kier alpha value is -0.860. The number of aliphatic hydroxyl groups is 1. The Balaban J connectivity index is 2.12. The third-order valence-corrected chi connectivity index (χ3v) is 4.39. The van der Waals surface area contributed by atoms with Crippen LogP contribution in [0.1, 0.15) is 56.8 Å². The second-order valence-corrected chi connectivity index (χ2v) is 6.20. The van der Waals surface area contributed by atoms with E-state index in [1.54, 1.807) is 0 Å². The molecule has 0 aliphatic heterocycles. The summed E-state index contributed by atoms with van der Waals surface area (Å²) in [5.41, 5.74) is 8.09. The first kappa shape index (κ1) is 13.6. The molecule has 1 aliphatic carbocycles. The van der Waals surface area contributed by atoms with Gasteiger partial charge in [-0.2, -0.15) is 0 Å². The highest BCUT2D eigenvalue weighted by Crippen LogP contribution is 2.36. The van der Waals surface area contributed by atoms with E-state index in [1.165, 1.54) is 18.4 Å². The Morgan fingerprint density at radius 1 is 1.22 bits per heavy atom. The fourth-order valence-electron chi connectivity index (χ4n) is 2.79. The molecule has 100 valence electrons. The zero-order valence-electron chi connectivity index (χ0n) is 11.5. The summed E-state index contributed by atoms with van der Waals surface area (Å²) in [7, 11) is 0. The van der Waals surface area contributed by atoms with Gasteiger partial charge in [-0.1, -0.05) is 51.0 Å². The summed E-state index contributed by atoms with van der Waals surface area (Å²) in [5, 5.41) is 10.3. The summed E-state index contributed by atoms with van der Waals surface area (Å²) in [6.07, 6.45) is 4.57. The van der Waals surface area contributed by atoms with Crippen molar-refractivity contribution < 1.29 is 5.11 Å². The molecule has 0 aromatic heterocycles. The minimum Gasteiger partial charge on any atom is -0.388 e. The van der Waals surface area contributed by atoms with Gasteiger partial charge in [-0.15, -0.1) is 0 Å².